The number of pyridine rings is 1. The Labute approximate surface area is 181 Å². The highest BCUT2D eigenvalue weighted by atomic mass is 35.5. The van der Waals surface area contributed by atoms with Crippen LogP contribution in [-0.4, -0.2) is 33.5 Å². The molecular formula is C22H21ClF4N2O2. The van der Waals surface area contributed by atoms with E-state index in [1.807, 2.05) is 0 Å². The minimum Gasteiger partial charge on any atom is -0.493 e. The van der Waals surface area contributed by atoms with Gasteiger partial charge in [0.25, 0.3) is 0 Å². The van der Waals surface area contributed by atoms with Crippen molar-refractivity contribution >= 4 is 22.5 Å². The number of hydrogen-bond donors (Lipinski definition) is 2. The van der Waals surface area contributed by atoms with Crippen molar-refractivity contribution < 1.29 is 27.4 Å². The molecular weight excluding hydrogens is 436 g/mol. The number of aliphatic hydroxyl groups is 1. The molecule has 0 spiro atoms. The molecule has 0 radical (unpaired) electrons. The molecule has 0 fully saturated rings. The van der Waals surface area contributed by atoms with E-state index in [2.05, 4.69) is 9.97 Å². The molecule has 1 aliphatic rings. The maximum absolute atomic E-state index is 14.1. The Hall–Kier alpha value is -2.32. The Balaban J connectivity index is 1.72. The molecule has 0 bridgehead atoms. The van der Waals surface area contributed by atoms with Crippen molar-refractivity contribution in [2.45, 2.75) is 50.3 Å². The lowest BCUT2D eigenvalue weighted by molar-refractivity contribution is -0.266. The van der Waals surface area contributed by atoms with Crippen LogP contribution in [0.25, 0.3) is 10.9 Å². The third-order valence-electron chi connectivity index (χ3n) is 5.77. The third kappa shape index (κ3) is 3.99. The number of fused-ring (bicyclic) bond motifs is 2. The van der Waals surface area contributed by atoms with Crippen LogP contribution in [0, 0.1) is 5.95 Å². The molecule has 0 aliphatic carbocycles. The fraction of sp³-hybridized carbons (Fsp3) is 0.409. The largest absolute Gasteiger partial charge is 0.493 e. The van der Waals surface area contributed by atoms with E-state index in [9.17, 15) is 22.7 Å². The van der Waals surface area contributed by atoms with Crippen LogP contribution in [0.1, 0.15) is 37.1 Å². The number of alkyl halides is 3. The van der Waals surface area contributed by atoms with Gasteiger partial charge in [-0.2, -0.15) is 17.6 Å². The molecule has 4 rings (SSSR count). The zero-order valence-electron chi connectivity index (χ0n) is 16.9. The molecule has 9 heteroatoms. The first kappa shape index (κ1) is 21.9. The number of ether oxygens (including phenoxy) is 1. The van der Waals surface area contributed by atoms with E-state index in [1.54, 1.807) is 26.0 Å². The van der Waals surface area contributed by atoms with Crippen molar-refractivity contribution in [3.05, 3.63) is 58.3 Å². The Morgan fingerprint density at radius 3 is 2.65 bits per heavy atom. The SMILES string of the molecule is CC(C)(CC(O)(Cc1cc2ccnc(F)c2[nH]1)C(F)(F)F)c1cc(Cl)cc2c1OCC2. The van der Waals surface area contributed by atoms with E-state index in [0.29, 0.717) is 34.7 Å². The molecule has 0 saturated heterocycles. The van der Waals surface area contributed by atoms with Crippen LogP contribution in [0.3, 0.4) is 0 Å². The fourth-order valence-electron chi connectivity index (χ4n) is 4.35. The quantitative estimate of drug-likeness (QED) is 0.394. The molecule has 1 aromatic carbocycles. The van der Waals surface area contributed by atoms with Gasteiger partial charge in [0.15, 0.2) is 5.60 Å². The Kier molecular flexibility index (Phi) is 5.21. The highest BCUT2D eigenvalue weighted by Gasteiger charge is 2.56. The molecule has 31 heavy (non-hydrogen) atoms. The van der Waals surface area contributed by atoms with Gasteiger partial charge in [-0.15, -0.1) is 0 Å². The summed E-state index contributed by atoms with van der Waals surface area (Å²) in [7, 11) is 0. The summed E-state index contributed by atoms with van der Waals surface area (Å²) in [6.45, 7) is 3.66. The van der Waals surface area contributed by atoms with Gasteiger partial charge in [-0.1, -0.05) is 25.4 Å². The summed E-state index contributed by atoms with van der Waals surface area (Å²) in [6, 6.07) is 6.21. The Morgan fingerprint density at radius 2 is 1.97 bits per heavy atom. The first-order valence-electron chi connectivity index (χ1n) is 9.76. The second kappa shape index (κ2) is 7.38. The lowest BCUT2D eigenvalue weighted by atomic mass is 9.73. The number of hydrogen-bond acceptors (Lipinski definition) is 3. The summed E-state index contributed by atoms with van der Waals surface area (Å²) in [6.07, 6.45) is -4.49. The summed E-state index contributed by atoms with van der Waals surface area (Å²) in [4.78, 5) is 6.12. The molecule has 0 amide bonds. The predicted octanol–water partition coefficient (Wildman–Crippen LogP) is 5.49. The highest BCUT2D eigenvalue weighted by Crippen LogP contribution is 2.47. The fourth-order valence-corrected chi connectivity index (χ4v) is 4.59. The van der Waals surface area contributed by atoms with Gasteiger partial charge in [0.2, 0.25) is 5.95 Å². The molecule has 3 aromatic rings. The van der Waals surface area contributed by atoms with Crippen molar-refractivity contribution in [2.24, 2.45) is 0 Å². The molecule has 2 aromatic heterocycles. The minimum atomic E-state index is -4.93. The monoisotopic (exact) mass is 456 g/mol. The van der Waals surface area contributed by atoms with Crippen LogP contribution < -0.4 is 4.74 Å². The molecule has 0 saturated carbocycles. The average Bonchev–Trinajstić information content (AvgIpc) is 3.26. The summed E-state index contributed by atoms with van der Waals surface area (Å²) in [5, 5.41) is 11.7. The predicted molar refractivity (Wildman–Crippen MR) is 109 cm³/mol. The Morgan fingerprint density at radius 1 is 1.23 bits per heavy atom. The maximum Gasteiger partial charge on any atom is 0.417 e. The summed E-state index contributed by atoms with van der Waals surface area (Å²) >= 11 is 6.20. The standard InChI is InChI=1S/C22H21ClF4N2O2/c1-20(2,16-9-14(23)7-13-4-6-31-18(13)16)11-21(30,22(25,26)27)10-15-8-12-3-5-28-19(24)17(12)29-15/h3,5,7-9,29-30H,4,6,10-11H2,1-2H3. The number of aromatic nitrogens is 2. The minimum absolute atomic E-state index is 0.00217. The van der Waals surface area contributed by atoms with Gasteiger partial charge >= 0.3 is 6.18 Å². The number of rotatable bonds is 5. The van der Waals surface area contributed by atoms with E-state index in [1.165, 1.54) is 18.3 Å². The van der Waals surface area contributed by atoms with Gasteiger partial charge in [0.1, 0.15) is 11.3 Å². The Bertz CT molecular complexity index is 1140. The number of benzene rings is 1. The van der Waals surface area contributed by atoms with Crippen LogP contribution in [0.15, 0.2) is 30.5 Å². The molecule has 166 valence electrons. The molecule has 1 unspecified atom stereocenters. The zero-order chi connectivity index (χ0) is 22.6. The van der Waals surface area contributed by atoms with Crippen molar-refractivity contribution in [1.82, 2.24) is 9.97 Å². The maximum atomic E-state index is 14.1. The number of aromatic amines is 1. The second-order valence-corrected chi connectivity index (χ2v) is 9.10. The normalized spacial score (nSPS) is 16.3. The van der Waals surface area contributed by atoms with E-state index < -0.39 is 36.0 Å². The molecule has 2 N–H and O–H groups in total. The molecule has 3 heterocycles. The van der Waals surface area contributed by atoms with E-state index in [-0.39, 0.29) is 11.2 Å². The smallest absolute Gasteiger partial charge is 0.417 e. The molecule has 1 aliphatic heterocycles. The van der Waals surface area contributed by atoms with Crippen LogP contribution in [-0.2, 0) is 18.3 Å². The van der Waals surface area contributed by atoms with Gasteiger partial charge in [0.05, 0.1) is 6.61 Å². The second-order valence-electron chi connectivity index (χ2n) is 8.67. The van der Waals surface area contributed by atoms with Crippen LogP contribution in [0.4, 0.5) is 17.6 Å². The van der Waals surface area contributed by atoms with Gasteiger partial charge in [-0.3, -0.25) is 0 Å². The van der Waals surface area contributed by atoms with Gasteiger partial charge in [0, 0.05) is 40.7 Å². The highest BCUT2D eigenvalue weighted by molar-refractivity contribution is 6.30. The van der Waals surface area contributed by atoms with Crippen LogP contribution in [0.2, 0.25) is 5.02 Å². The van der Waals surface area contributed by atoms with Crippen molar-refractivity contribution in [3.8, 4) is 5.75 Å². The van der Waals surface area contributed by atoms with Gasteiger partial charge in [-0.25, -0.2) is 4.98 Å². The number of nitrogens with zero attached hydrogens (tertiary/aromatic N) is 1. The number of halogens is 5. The van der Waals surface area contributed by atoms with Crippen molar-refractivity contribution in [3.63, 3.8) is 0 Å². The van der Waals surface area contributed by atoms with Crippen molar-refractivity contribution in [2.75, 3.05) is 6.61 Å². The van der Waals surface area contributed by atoms with Crippen LogP contribution >= 0.6 is 11.6 Å². The topological polar surface area (TPSA) is 58.1 Å². The average molecular weight is 457 g/mol. The summed E-state index contributed by atoms with van der Waals surface area (Å²) < 4.78 is 61.9. The third-order valence-corrected chi connectivity index (χ3v) is 5.99. The lowest BCUT2D eigenvalue weighted by Gasteiger charge is -2.38. The molecule has 4 nitrogen and oxygen atoms in total. The summed E-state index contributed by atoms with van der Waals surface area (Å²) in [5.74, 6) is -0.288. The number of nitrogens with one attached hydrogen (secondary N) is 1. The van der Waals surface area contributed by atoms with Crippen molar-refractivity contribution in [1.29, 1.82) is 0 Å². The first-order valence-corrected chi connectivity index (χ1v) is 10.1. The van der Waals surface area contributed by atoms with Gasteiger partial charge < -0.3 is 14.8 Å². The van der Waals surface area contributed by atoms with Gasteiger partial charge in [-0.05, 0) is 41.7 Å². The van der Waals surface area contributed by atoms with E-state index in [4.69, 9.17) is 16.3 Å². The number of H-pyrrole nitrogens is 1. The van der Waals surface area contributed by atoms with E-state index in [0.717, 1.165) is 5.56 Å². The zero-order valence-corrected chi connectivity index (χ0v) is 17.7. The van der Waals surface area contributed by atoms with Crippen LogP contribution in [0.5, 0.6) is 5.75 Å². The van der Waals surface area contributed by atoms with E-state index >= 15 is 0 Å². The first-order chi connectivity index (χ1) is 14.4. The summed E-state index contributed by atoms with van der Waals surface area (Å²) in [5.41, 5.74) is -2.78. The molecule has 1 atom stereocenters. The lowest BCUT2D eigenvalue weighted by Crippen LogP contribution is -2.51.